The normalized spacial score (nSPS) is 19.6. The van der Waals surface area contributed by atoms with E-state index < -0.39 is 0 Å². The van der Waals surface area contributed by atoms with Crippen LogP contribution in [0.5, 0.6) is 5.75 Å². The van der Waals surface area contributed by atoms with E-state index >= 15 is 0 Å². The quantitative estimate of drug-likeness (QED) is 0.936. The van der Waals surface area contributed by atoms with E-state index in [1.165, 1.54) is 5.57 Å². The second kappa shape index (κ2) is 5.85. The van der Waals surface area contributed by atoms with Crippen molar-refractivity contribution in [3.63, 3.8) is 0 Å². The lowest BCUT2D eigenvalue weighted by molar-refractivity contribution is 0.253. The summed E-state index contributed by atoms with van der Waals surface area (Å²) in [6.07, 6.45) is 5.38. The number of hydrogen-bond acceptors (Lipinski definition) is 4. The third-order valence-electron chi connectivity index (χ3n) is 5.25. The fourth-order valence-corrected chi connectivity index (χ4v) is 3.73. The lowest BCUT2D eigenvalue weighted by atomic mass is 10.0. The van der Waals surface area contributed by atoms with Gasteiger partial charge in [-0.1, -0.05) is 18.2 Å². The van der Waals surface area contributed by atoms with E-state index in [0.717, 1.165) is 60.7 Å². The highest BCUT2D eigenvalue weighted by Crippen LogP contribution is 2.37. The first-order valence-corrected chi connectivity index (χ1v) is 9.02. The molecular formula is C20H21N3O2. The van der Waals surface area contributed by atoms with Crippen molar-refractivity contribution in [2.45, 2.75) is 31.7 Å². The smallest absolute Gasteiger partial charge is 0.255 e. The van der Waals surface area contributed by atoms with Gasteiger partial charge in [-0.05, 0) is 30.6 Å². The highest BCUT2D eigenvalue weighted by atomic mass is 16.5. The molecule has 1 aliphatic carbocycles. The first kappa shape index (κ1) is 14.9. The highest BCUT2D eigenvalue weighted by molar-refractivity contribution is 5.62. The Bertz CT molecular complexity index is 911. The Morgan fingerprint density at radius 2 is 2.16 bits per heavy atom. The molecule has 1 aromatic carbocycles. The summed E-state index contributed by atoms with van der Waals surface area (Å²) in [5, 5.41) is 0. The first-order valence-electron chi connectivity index (χ1n) is 9.02. The van der Waals surface area contributed by atoms with Gasteiger partial charge < -0.3 is 9.72 Å². The Morgan fingerprint density at radius 3 is 3.04 bits per heavy atom. The largest absolute Gasteiger partial charge is 0.489 e. The van der Waals surface area contributed by atoms with Gasteiger partial charge in [0.05, 0.1) is 11.3 Å². The third-order valence-corrected chi connectivity index (χ3v) is 5.25. The Kier molecular flexibility index (Phi) is 3.48. The van der Waals surface area contributed by atoms with E-state index in [9.17, 15) is 4.79 Å². The minimum Gasteiger partial charge on any atom is -0.489 e. The van der Waals surface area contributed by atoms with E-state index in [4.69, 9.17) is 9.72 Å². The number of H-pyrrole nitrogens is 1. The van der Waals surface area contributed by atoms with Gasteiger partial charge in [-0.2, -0.15) is 0 Å². The molecule has 25 heavy (non-hydrogen) atoms. The van der Waals surface area contributed by atoms with Crippen LogP contribution in [0.4, 0.5) is 0 Å². The third kappa shape index (κ3) is 2.89. The number of para-hydroxylation sites is 1. The Balaban J connectivity index is 1.35. The molecule has 0 unspecified atom stereocenters. The minimum atomic E-state index is 0.0517. The number of ether oxygens (including phenoxy) is 1. The molecule has 0 saturated heterocycles. The molecule has 3 heterocycles. The SMILES string of the molecule is O=c1[nH]c(C2CC2)nc2c1CN(CC1=Cc3ccccc3OC1)CC2. The van der Waals surface area contributed by atoms with E-state index in [1.807, 2.05) is 18.2 Å². The predicted octanol–water partition coefficient (Wildman–Crippen LogP) is 2.48. The molecule has 1 saturated carbocycles. The van der Waals surface area contributed by atoms with Crippen LogP contribution in [0.15, 0.2) is 34.6 Å². The predicted molar refractivity (Wildman–Crippen MR) is 95.7 cm³/mol. The maximum atomic E-state index is 12.5. The number of rotatable bonds is 3. The summed E-state index contributed by atoms with van der Waals surface area (Å²) >= 11 is 0. The zero-order chi connectivity index (χ0) is 16.8. The van der Waals surface area contributed by atoms with Gasteiger partial charge in [-0.25, -0.2) is 4.98 Å². The highest BCUT2D eigenvalue weighted by Gasteiger charge is 2.29. The Morgan fingerprint density at radius 1 is 1.28 bits per heavy atom. The number of nitrogens with one attached hydrogen (secondary N) is 1. The molecular weight excluding hydrogens is 314 g/mol. The summed E-state index contributed by atoms with van der Waals surface area (Å²) in [5.74, 6) is 2.33. The number of hydrogen-bond donors (Lipinski definition) is 1. The van der Waals surface area contributed by atoms with Crippen LogP contribution in [0.2, 0.25) is 0 Å². The Labute approximate surface area is 146 Å². The van der Waals surface area contributed by atoms with Gasteiger partial charge in [-0.15, -0.1) is 0 Å². The summed E-state index contributed by atoms with van der Waals surface area (Å²) in [7, 11) is 0. The van der Waals surface area contributed by atoms with Crippen LogP contribution in [0, 0.1) is 0 Å². The summed E-state index contributed by atoms with van der Waals surface area (Å²) < 4.78 is 5.84. The van der Waals surface area contributed by atoms with Crippen LogP contribution in [-0.2, 0) is 13.0 Å². The molecule has 2 aliphatic heterocycles. The van der Waals surface area contributed by atoms with Gasteiger partial charge in [0.15, 0.2) is 0 Å². The minimum absolute atomic E-state index is 0.0517. The number of fused-ring (bicyclic) bond motifs is 2. The molecule has 1 fully saturated rings. The van der Waals surface area contributed by atoms with Crippen LogP contribution in [0.1, 0.15) is 41.4 Å². The molecule has 5 nitrogen and oxygen atoms in total. The molecule has 0 bridgehead atoms. The standard InChI is InChI=1S/C20H21N3O2/c24-20-16-11-23(8-7-17(16)21-19(22-20)14-5-6-14)10-13-9-15-3-1-2-4-18(15)25-12-13/h1-4,9,14H,5-8,10-12H2,(H,21,22,24). The monoisotopic (exact) mass is 335 g/mol. The molecule has 128 valence electrons. The van der Waals surface area contributed by atoms with Crippen molar-refractivity contribution in [1.82, 2.24) is 14.9 Å². The molecule has 3 aliphatic rings. The van der Waals surface area contributed by atoms with Crippen molar-refractivity contribution in [2.75, 3.05) is 19.7 Å². The molecule has 5 heteroatoms. The lowest BCUT2D eigenvalue weighted by Gasteiger charge is -2.29. The van der Waals surface area contributed by atoms with Crippen LogP contribution < -0.4 is 10.3 Å². The van der Waals surface area contributed by atoms with E-state index in [1.54, 1.807) is 0 Å². The van der Waals surface area contributed by atoms with Crippen LogP contribution in [0.25, 0.3) is 6.08 Å². The first-order chi connectivity index (χ1) is 12.3. The van der Waals surface area contributed by atoms with Crippen molar-refractivity contribution < 1.29 is 4.74 Å². The molecule has 0 amide bonds. The van der Waals surface area contributed by atoms with E-state index in [-0.39, 0.29) is 5.56 Å². The maximum absolute atomic E-state index is 12.5. The second-order valence-corrected chi connectivity index (χ2v) is 7.24. The van der Waals surface area contributed by atoms with Crippen LogP contribution >= 0.6 is 0 Å². The van der Waals surface area contributed by atoms with Gasteiger partial charge in [0.25, 0.3) is 5.56 Å². The molecule has 1 N–H and O–H groups in total. The van der Waals surface area contributed by atoms with E-state index in [0.29, 0.717) is 19.1 Å². The van der Waals surface area contributed by atoms with Gasteiger partial charge in [0.1, 0.15) is 18.2 Å². The summed E-state index contributed by atoms with van der Waals surface area (Å²) in [5.41, 5.74) is 4.28. The summed E-state index contributed by atoms with van der Waals surface area (Å²) in [4.78, 5) is 22.5. The average Bonchev–Trinajstić information content (AvgIpc) is 3.47. The zero-order valence-electron chi connectivity index (χ0n) is 14.1. The van der Waals surface area contributed by atoms with Crippen LogP contribution in [-0.4, -0.2) is 34.6 Å². The topological polar surface area (TPSA) is 58.2 Å². The van der Waals surface area contributed by atoms with Crippen molar-refractivity contribution >= 4 is 6.08 Å². The van der Waals surface area contributed by atoms with Crippen molar-refractivity contribution in [3.05, 3.63) is 62.8 Å². The molecule has 0 spiro atoms. The fraction of sp³-hybridized carbons (Fsp3) is 0.400. The second-order valence-electron chi connectivity index (χ2n) is 7.24. The zero-order valence-corrected chi connectivity index (χ0v) is 14.1. The molecule has 5 rings (SSSR count). The molecule has 0 radical (unpaired) electrons. The fourth-order valence-electron chi connectivity index (χ4n) is 3.73. The summed E-state index contributed by atoms with van der Waals surface area (Å²) in [6.45, 7) is 3.06. The van der Waals surface area contributed by atoms with Gasteiger partial charge in [0.2, 0.25) is 0 Å². The van der Waals surface area contributed by atoms with Crippen LogP contribution in [0.3, 0.4) is 0 Å². The summed E-state index contributed by atoms with van der Waals surface area (Å²) in [6, 6.07) is 8.10. The van der Waals surface area contributed by atoms with Gasteiger partial charge in [-0.3, -0.25) is 9.69 Å². The molecule has 1 aromatic heterocycles. The number of nitrogens with zero attached hydrogens (tertiary/aromatic N) is 2. The maximum Gasteiger partial charge on any atom is 0.255 e. The average molecular weight is 335 g/mol. The van der Waals surface area contributed by atoms with Crippen molar-refractivity contribution in [1.29, 1.82) is 0 Å². The van der Waals surface area contributed by atoms with Crippen molar-refractivity contribution in [3.8, 4) is 5.75 Å². The lowest BCUT2D eigenvalue weighted by Crippen LogP contribution is -2.37. The van der Waals surface area contributed by atoms with Gasteiger partial charge >= 0.3 is 0 Å². The van der Waals surface area contributed by atoms with Gasteiger partial charge in [0, 0.05) is 37.5 Å². The molecule has 0 atom stereocenters. The number of aromatic amines is 1. The number of benzene rings is 1. The number of aromatic nitrogens is 2. The molecule has 2 aromatic rings. The Hall–Kier alpha value is -2.40. The van der Waals surface area contributed by atoms with Crippen molar-refractivity contribution in [2.24, 2.45) is 0 Å². The van der Waals surface area contributed by atoms with E-state index in [2.05, 4.69) is 22.0 Å².